The average molecular weight is 386 g/mol. The zero-order chi connectivity index (χ0) is 20.5. The molecule has 1 aromatic heterocycles. The Bertz CT molecular complexity index is 810. The number of benzene rings is 1. The normalized spacial score (nSPS) is 19.9. The van der Waals surface area contributed by atoms with Gasteiger partial charge in [-0.15, -0.1) is 0 Å². The molecule has 1 aliphatic heterocycles. The van der Waals surface area contributed by atoms with Crippen LogP contribution in [-0.2, 0) is 6.42 Å². The van der Waals surface area contributed by atoms with E-state index in [1.54, 1.807) is 24.3 Å². The second-order valence-electron chi connectivity index (χ2n) is 9.02. The Hall–Kier alpha value is -2.38. The van der Waals surface area contributed by atoms with Crippen molar-refractivity contribution in [2.24, 2.45) is 5.73 Å². The van der Waals surface area contributed by atoms with Gasteiger partial charge in [-0.25, -0.2) is 4.98 Å². The van der Waals surface area contributed by atoms with Crippen LogP contribution in [0.25, 0.3) is 0 Å². The summed E-state index contributed by atoms with van der Waals surface area (Å²) in [5, 5.41) is 16.0. The van der Waals surface area contributed by atoms with Gasteiger partial charge in [-0.05, 0) is 64.7 Å². The summed E-state index contributed by atoms with van der Waals surface area (Å²) in [6, 6.07) is 6.41. The van der Waals surface area contributed by atoms with Gasteiger partial charge in [-0.1, -0.05) is 12.1 Å². The summed E-state index contributed by atoms with van der Waals surface area (Å²) in [5.74, 6) is 0.284. The number of hydrogen-bond donors (Lipinski definition) is 4. The Kier molecular flexibility index (Phi) is 5.50. The number of hydrogen-bond acceptors (Lipinski definition) is 6. The average Bonchev–Trinajstić information content (AvgIpc) is 3.04. The van der Waals surface area contributed by atoms with E-state index in [2.05, 4.69) is 43.3 Å². The highest BCUT2D eigenvalue weighted by Crippen LogP contribution is 2.28. The zero-order valence-corrected chi connectivity index (χ0v) is 17.0. The van der Waals surface area contributed by atoms with Gasteiger partial charge in [0.1, 0.15) is 12.0 Å². The first kappa shape index (κ1) is 20.4. The molecule has 28 heavy (non-hydrogen) atoms. The van der Waals surface area contributed by atoms with E-state index < -0.39 is 6.04 Å². The number of nitrogens with two attached hydrogens (primary N) is 1. The van der Waals surface area contributed by atoms with Crippen LogP contribution in [0.2, 0.25) is 0 Å². The summed E-state index contributed by atoms with van der Waals surface area (Å²) in [5.41, 5.74) is 7.26. The molecule has 1 aliphatic rings. The van der Waals surface area contributed by atoms with Crippen molar-refractivity contribution in [2.75, 3.05) is 0 Å². The number of carbonyl (C=O) groups excluding carboxylic acids is 1. The second kappa shape index (κ2) is 7.56. The molecule has 152 valence electrons. The van der Waals surface area contributed by atoms with E-state index in [1.807, 2.05) is 0 Å². The van der Waals surface area contributed by atoms with Gasteiger partial charge in [0.05, 0.1) is 6.04 Å². The van der Waals surface area contributed by atoms with E-state index >= 15 is 0 Å². The molecule has 7 nitrogen and oxygen atoms in total. The first-order valence-electron chi connectivity index (χ1n) is 9.62. The molecule has 0 spiro atoms. The summed E-state index contributed by atoms with van der Waals surface area (Å²) in [7, 11) is 0. The van der Waals surface area contributed by atoms with Gasteiger partial charge in [-0.3, -0.25) is 4.79 Å². The number of phenolic OH excluding ortho intramolecular Hbond substituents is 1. The monoisotopic (exact) mass is 386 g/mol. The predicted molar refractivity (Wildman–Crippen MR) is 107 cm³/mol. The van der Waals surface area contributed by atoms with Crippen molar-refractivity contribution in [3.05, 3.63) is 47.7 Å². The lowest BCUT2D eigenvalue weighted by Crippen LogP contribution is -2.62. The van der Waals surface area contributed by atoms with Gasteiger partial charge in [0.2, 0.25) is 5.89 Å². The van der Waals surface area contributed by atoms with Crippen molar-refractivity contribution < 1.29 is 14.3 Å². The SMILES string of the molecule is CC1(C)CC(NC(=O)c2coc(C(N)Cc3ccc(O)cc3)n2)CC(C)(C)N1. The molecule has 3 rings (SSSR count). The maximum absolute atomic E-state index is 12.6. The summed E-state index contributed by atoms with van der Waals surface area (Å²) >= 11 is 0. The number of phenols is 1. The van der Waals surface area contributed by atoms with Crippen LogP contribution in [0.4, 0.5) is 0 Å². The topological polar surface area (TPSA) is 113 Å². The molecule has 2 aromatic rings. The Labute approximate surface area is 165 Å². The van der Waals surface area contributed by atoms with Gasteiger partial charge < -0.3 is 25.9 Å². The third kappa shape index (κ3) is 5.11. The number of nitrogens with one attached hydrogen (secondary N) is 2. The smallest absolute Gasteiger partial charge is 0.273 e. The molecule has 1 aromatic carbocycles. The molecule has 0 radical (unpaired) electrons. The number of rotatable bonds is 5. The van der Waals surface area contributed by atoms with Crippen LogP contribution in [0.1, 0.15) is 68.5 Å². The van der Waals surface area contributed by atoms with Gasteiger partial charge in [0.15, 0.2) is 5.69 Å². The van der Waals surface area contributed by atoms with Crippen LogP contribution in [0.15, 0.2) is 34.9 Å². The molecule has 2 heterocycles. The summed E-state index contributed by atoms with van der Waals surface area (Å²) in [6.45, 7) is 8.57. The van der Waals surface area contributed by atoms with Gasteiger partial charge >= 0.3 is 0 Å². The number of piperidine rings is 1. The Morgan fingerprint density at radius 2 is 1.89 bits per heavy atom. The minimum Gasteiger partial charge on any atom is -0.508 e. The van der Waals surface area contributed by atoms with Crippen LogP contribution < -0.4 is 16.4 Å². The van der Waals surface area contributed by atoms with Crippen LogP contribution in [0.3, 0.4) is 0 Å². The molecular weight excluding hydrogens is 356 g/mol. The highest BCUT2D eigenvalue weighted by atomic mass is 16.3. The van der Waals surface area contributed by atoms with Gasteiger partial charge in [0.25, 0.3) is 5.91 Å². The highest BCUT2D eigenvalue weighted by Gasteiger charge is 2.38. The van der Waals surface area contributed by atoms with E-state index in [9.17, 15) is 9.90 Å². The highest BCUT2D eigenvalue weighted by molar-refractivity contribution is 5.92. The lowest BCUT2D eigenvalue weighted by molar-refractivity contribution is 0.0868. The molecule has 0 saturated carbocycles. The number of oxazole rings is 1. The van der Waals surface area contributed by atoms with Gasteiger partial charge in [-0.2, -0.15) is 0 Å². The first-order valence-corrected chi connectivity index (χ1v) is 9.62. The quantitative estimate of drug-likeness (QED) is 0.628. The van der Waals surface area contributed by atoms with E-state index in [0.717, 1.165) is 18.4 Å². The molecule has 1 unspecified atom stereocenters. The van der Waals surface area contributed by atoms with Crippen LogP contribution in [0, 0.1) is 0 Å². The third-order valence-electron chi connectivity index (χ3n) is 4.99. The van der Waals surface area contributed by atoms with Crippen molar-refractivity contribution in [2.45, 2.75) is 70.1 Å². The molecular formula is C21H30N4O3. The number of aromatic hydroxyl groups is 1. The summed E-state index contributed by atoms with van der Waals surface area (Å²) in [6.07, 6.45) is 3.54. The fourth-order valence-electron chi connectivity index (χ4n) is 4.22. The Balaban J connectivity index is 1.62. The molecule has 1 atom stereocenters. The molecule has 7 heteroatoms. The Morgan fingerprint density at radius 3 is 2.50 bits per heavy atom. The Morgan fingerprint density at radius 1 is 1.29 bits per heavy atom. The lowest BCUT2D eigenvalue weighted by Gasteiger charge is -2.46. The largest absolute Gasteiger partial charge is 0.508 e. The molecule has 1 fully saturated rings. The second-order valence-corrected chi connectivity index (χ2v) is 9.02. The van der Waals surface area contributed by atoms with E-state index in [1.165, 1.54) is 6.26 Å². The molecule has 1 amide bonds. The van der Waals surface area contributed by atoms with Gasteiger partial charge in [0, 0.05) is 17.1 Å². The zero-order valence-electron chi connectivity index (χ0n) is 17.0. The molecule has 0 aliphatic carbocycles. The lowest BCUT2D eigenvalue weighted by atomic mass is 9.79. The predicted octanol–water partition coefficient (Wildman–Crippen LogP) is 2.66. The molecule has 0 bridgehead atoms. The van der Waals surface area contributed by atoms with Crippen LogP contribution >= 0.6 is 0 Å². The maximum atomic E-state index is 12.6. The minimum absolute atomic E-state index is 0.0544. The number of carbonyl (C=O) groups is 1. The van der Waals surface area contributed by atoms with Crippen molar-refractivity contribution in [3.8, 4) is 5.75 Å². The van der Waals surface area contributed by atoms with Crippen molar-refractivity contribution in [1.29, 1.82) is 0 Å². The van der Waals surface area contributed by atoms with E-state index in [4.69, 9.17) is 10.2 Å². The molecule has 5 N–H and O–H groups in total. The van der Waals surface area contributed by atoms with Crippen LogP contribution in [-0.4, -0.2) is 33.1 Å². The third-order valence-corrected chi connectivity index (χ3v) is 4.99. The summed E-state index contributed by atoms with van der Waals surface area (Å²) in [4.78, 5) is 16.9. The minimum atomic E-state index is -0.470. The van der Waals surface area contributed by atoms with Crippen molar-refractivity contribution in [3.63, 3.8) is 0 Å². The number of nitrogens with zero attached hydrogens (tertiary/aromatic N) is 1. The van der Waals surface area contributed by atoms with E-state index in [0.29, 0.717) is 12.3 Å². The number of amides is 1. The van der Waals surface area contributed by atoms with E-state index in [-0.39, 0.29) is 34.5 Å². The van der Waals surface area contributed by atoms with Crippen molar-refractivity contribution >= 4 is 5.91 Å². The number of aromatic nitrogens is 1. The first-order chi connectivity index (χ1) is 13.0. The van der Waals surface area contributed by atoms with Crippen LogP contribution in [0.5, 0.6) is 5.75 Å². The molecule has 1 saturated heterocycles. The standard InChI is InChI=1S/C21H30N4O3/c1-20(2)10-14(11-21(3,4)25-20)23-18(27)17-12-28-19(24-17)16(22)9-13-5-7-15(26)8-6-13/h5-8,12,14,16,25-26H,9-11,22H2,1-4H3,(H,23,27). The summed E-state index contributed by atoms with van der Waals surface area (Å²) < 4.78 is 5.46. The fraction of sp³-hybridized carbons (Fsp3) is 0.524. The maximum Gasteiger partial charge on any atom is 0.273 e. The van der Waals surface area contributed by atoms with Crippen molar-refractivity contribution in [1.82, 2.24) is 15.6 Å². The fourth-order valence-corrected chi connectivity index (χ4v) is 4.22.